The third-order valence-electron chi connectivity index (χ3n) is 2.83. The third kappa shape index (κ3) is 3.83. The van der Waals surface area contributed by atoms with Crippen molar-refractivity contribution in [1.82, 2.24) is 0 Å². The number of carbonyl (C=O) groups excluding carboxylic acids is 1. The number of anilines is 2. The van der Waals surface area contributed by atoms with E-state index < -0.39 is 0 Å². The highest BCUT2D eigenvalue weighted by Gasteiger charge is 2.07. The lowest BCUT2D eigenvalue weighted by molar-refractivity contribution is 0.102. The quantitative estimate of drug-likeness (QED) is 0.793. The van der Waals surface area contributed by atoms with Crippen molar-refractivity contribution in [1.29, 1.82) is 0 Å². The van der Waals surface area contributed by atoms with Gasteiger partial charge in [-0.3, -0.25) is 4.79 Å². The first-order valence-corrected chi connectivity index (χ1v) is 6.49. The average Bonchev–Trinajstić information content (AvgIpc) is 2.50. The SMILES string of the molecule is COCCNc1ccccc1NC(=O)c1ccccc1. The van der Waals surface area contributed by atoms with Crippen LogP contribution in [0.2, 0.25) is 0 Å². The minimum Gasteiger partial charge on any atom is -0.383 e. The van der Waals surface area contributed by atoms with Crippen molar-refractivity contribution in [3.63, 3.8) is 0 Å². The lowest BCUT2D eigenvalue weighted by Gasteiger charge is -2.12. The molecule has 0 saturated carbocycles. The summed E-state index contributed by atoms with van der Waals surface area (Å²) in [7, 11) is 1.66. The van der Waals surface area contributed by atoms with Crippen molar-refractivity contribution in [3.05, 3.63) is 60.2 Å². The van der Waals surface area contributed by atoms with E-state index in [0.29, 0.717) is 18.7 Å². The number of benzene rings is 2. The molecular weight excluding hydrogens is 252 g/mol. The van der Waals surface area contributed by atoms with E-state index in [2.05, 4.69) is 10.6 Å². The number of para-hydroxylation sites is 2. The summed E-state index contributed by atoms with van der Waals surface area (Å²) in [6.45, 7) is 1.30. The fourth-order valence-electron chi connectivity index (χ4n) is 1.82. The maximum atomic E-state index is 12.1. The summed E-state index contributed by atoms with van der Waals surface area (Å²) >= 11 is 0. The van der Waals surface area contributed by atoms with Crippen molar-refractivity contribution in [2.45, 2.75) is 0 Å². The summed E-state index contributed by atoms with van der Waals surface area (Å²) in [5.41, 5.74) is 2.28. The van der Waals surface area contributed by atoms with E-state index in [9.17, 15) is 4.79 Å². The fraction of sp³-hybridized carbons (Fsp3) is 0.188. The largest absolute Gasteiger partial charge is 0.383 e. The molecule has 20 heavy (non-hydrogen) atoms. The van der Waals surface area contributed by atoms with E-state index in [4.69, 9.17) is 4.74 Å². The Morgan fingerprint density at radius 2 is 1.65 bits per heavy atom. The molecule has 0 spiro atoms. The Morgan fingerprint density at radius 3 is 2.35 bits per heavy atom. The van der Waals surface area contributed by atoms with Crippen LogP contribution in [0.4, 0.5) is 11.4 Å². The normalized spacial score (nSPS) is 10.1. The molecule has 2 N–H and O–H groups in total. The number of hydrogen-bond acceptors (Lipinski definition) is 3. The van der Waals surface area contributed by atoms with E-state index in [-0.39, 0.29) is 5.91 Å². The van der Waals surface area contributed by atoms with Gasteiger partial charge in [0.2, 0.25) is 0 Å². The highest BCUT2D eigenvalue weighted by atomic mass is 16.5. The molecule has 0 radical (unpaired) electrons. The Morgan fingerprint density at radius 1 is 1.00 bits per heavy atom. The zero-order valence-electron chi connectivity index (χ0n) is 11.4. The van der Waals surface area contributed by atoms with Crippen LogP contribution in [0, 0.1) is 0 Å². The van der Waals surface area contributed by atoms with Gasteiger partial charge in [-0.2, -0.15) is 0 Å². The molecule has 104 valence electrons. The highest BCUT2D eigenvalue weighted by molar-refractivity contribution is 6.05. The Hall–Kier alpha value is -2.33. The molecule has 1 amide bonds. The smallest absolute Gasteiger partial charge is 0.255 e. The highest BCUT2D eigenvalue weighted by Crippen LogP contribution is 2.21. The average molecular weight is 270 g/mol. The Kier molecular flexibility index (Phi) is 5.15. The second-order valence-corrected chi connectivity index (χ2v) is 4.29. The van der Waals surface area contributed by atoms with Crippen LogP contribution >= 0.6 is 0 Å². The van der Waals surface area contributed by atoms with Gasteiger partial charge in [0.05, 0.1) is 18.0 Å². The number of amides is 1. The molecule has 0 saturated heterocycles. The minimum atomic E-state index is -0.119. The first kappa shape index (κ1) is 14.1. The predicted molar refractivity (Wildman–Crippen MR) is 81.2 cm³/mol. The Labute approximate surface area is 118 Å². The van der Waals surface area contributed by atoms with Gasteiger partial charge in [-0.05, 0) is 24.3 Å². The van der Waals surface area contributed by atoms with Crippen LogP contribution in [0.5, 0.6) is 0 Å². The fourth-order valence-corrected chi connectivity index (χ4v) is 1.82. The van der Waals surface area contributed by atoms with Gasteiger partial charge < -0.3 is 15.4 Å². The van der Waals surface area contributed by atoms with Crippen molar-refractivity contribution >= 4 is 17.3 Å². The standard InChI is InChI=1S/C16H18N2O2/c1-20-12-11-17-14-9-5-6-10-15(14)18-16(19)13-7-3-2-4-8-13/h2-10,17H,11-12H2,1H3,(H,18,19). The molecule has 2 aromatic rings. The van der Waals surface area contributed by atoms with Crippen molar-refractivity contribution < 1.29 is 9.53 Å². The molecule has 0 aliphatic heterocycles. The van der Waals surface area contributed by atoms with Crippen LogP contribution in [0.3, 0.4) is 0 Å². The first-order chi connectivity index (χ1) is 9.81. The van der Waals surface area contributed by atoms with Gasteiger partial charge in [-0.25, -0.2) is 0 Å². The lowest BCUT2D eigenvalue weighted by Crippen LogP contribution is -2.14. The van der Waals surface area contributed by atoms with Crippen molar-refractivity contribution in [3.8, 4) is 0 Å². The number of rotatable bonds is 6. The van der Waals surface area contributed by atoms with Gasteiger partial charge in [0.15, 0.2) is 0 Å². The van der Waals surface area contributed by atoms with Crippen LogP contribution in [0.25, 0.3) is 0 Å². The molecule has 0 unspecified atom stereocenters. The van der Waals surface area contributed by atoms with Gasteiger partial charge >= 0.3 is 0 Å². The molecule has 4 heteroatoms. The molecule has 4 nitrogen and oxygen atoms in total. The van der Waals surface area contributed by atoms with E-state index in [1.54, 1.807) is 19.2 Å². The van der Waals surface area contributed by atoms with Gasteiger partial charge in [0.25, 0.3) is 5.91 Å². The summed E-state index contributed by atoms with van der Waals surface area (Å²) in [6, 6.07) is 16.8. The van der Waals surface area contributed by atoms with Crippen LogP contribution in [-0.2, 0) is 4.74 Å². The molecule has 0 aliphatic rings. The number of carbonyl (C=O) groups is 1. The monoisotopic (exact) mass is 270 g/mol. The minimum absolute atomic E-state index is 0.119. The summed E-state index contributed by atoms with van der Waals surface area (Å²) in [6.07, 6.45) is 0. The van der Waals surface area contributed by atoms with Crippen LogP contribution in [-0.4, -0.2) is 26.2 Å². The number of methoxy groups -OCH3 is 1. The number of hydrogen-bond donors (Lipinski definition) is 2. The molecule has 2 aromatic carbocycles. The first-order valence-electron chi connectivity index (χ1n) is 6.49. The molecule has 0 fully saturated rings. The van der Waals surface area contributed by atoms with Crippen molar-refractivity contribution in [2.75, 3.05) is 30.9 Å². The van der Waals surface area contributed by atoms with Crippen LogP contribution in [0.1, 0.15) is 10.4 Å². The van der Waals surface area contributed by atoms with Crippen LogP contribution < -0.4 is 10.6 Å². The molecule has 0 atom stereocenters. The second-order valence-electron chi connectivity index (χ2n) is 4.29. The topological polar surface area (TPSA) is 50.4 Å². The van der Waals surface area contributed by atoms with E-state index in [1.807, 2.05) is 42.5 Å². The Balaban J connectivity index is 2.07. The maximum Gasteiger partial charge on any atom is 0.255 e. The molecule has 0 bridgehead atoms. The van der Waals surface area contributed by atoms with E-state index in [0.717, 1.165) is 11.4 Å². The van der Waals surface area contributed by atoms with E-state index >= 15 is 0 Å². The summed E-state index contributed by atoms with van der Waals surface area (Å²) in [5, 5.41) is 6.14. The summed E-state index contributed by atoms with van der Waals surface area (Å²) < 4.78 is 5.00. The second kappa shape index (κ2) is 7.31. The zero-order valence-corrected chi connectivity index (χ0v) is 11.4. The van der Waals surface area contributed by atoms with Crippen LogP contribution in [0.15, 0.2) is 54.6 Å². The molecular formula is C16H18N2O2. The predicted octanol–water partition coefficient (Wildman–Crippen LogP) is 3.00. The maximum absolute atomic E-state index is 12.1. The summed E-state index contributed by atoms with van der Waals surface area (Å²) in [4.78, 5) is 12.1. The molecule has 2 rings (SSSR count). The number of ether oxygens (including phenoxy) is 1. The third-order valence-corrected chi connectivity index (χ3v) is 2.83. The molecule has 0 aromatic heterocycles. The molecule has 0 aliphatic carbocycles. The zero-order chi connectivity index (χ0) is 14.2. The molecule has 0 heterocycles. The van der Waals surface area contributed by atoms with E-state index in [1.165, 1.54) is 0 Å². The number of nitrogens with one attached hydrogen (secondary N) is 2. The Bertz CT molecular complexity index is 555. The van der Waals surface area contributed by atoms with Gasteiger partial charge in [-0.15, -0.1) is 0 Å². The van der Waals surface area contributed by atoms with Crippen molar-refractivity contribution in [2.24, 2.45) is 0 Å². The lowest BCUT2D eigenvalue weighted by atomic mass is 10.2. The van der Waals surface area contributed by atoms with Gasteiger partial charge in [0, 0.05) is 19.2 Å². The van der Waals surface area contributed by atoms with Gasteiger partial charge in [-0.1, -0.05) is 30.3 Å². The summed E-state index contributed by atoms with van der Waals surface area (Å²) in [5.74, 6) is -0.119. The van der Waals surface area contributed by atoms with Gasteiger partial charge in [0.1, 0.15) is 0 Å².